The molecule has 4 aromatic rings. The Labute approximate surface area is 169 Å². The van der Waals surface area contributed by atoms with Crippen molar-refractivity contribution in [2.45, 2.75) is 19.9 Å². The predicted octanol–water partition coefficient (Wildman–Crippen LogP) is 6.51. The fourth-order valence-corrected chi connectivity index (χ4v) is 3.29. The number of aromatic nitrogens is 2. The van der Waals surface area contributed by atoms with Crippen molar-refractivity contribution in [1.82, 2.24) is 9.97 Å². The standard InChI is InChI=1S/C23H21ClN4/c1-15-12-13-18(24)14-21(15)27-23-26-20-11-7-6-10-19(20)22(28-23)25-16(2)17-8-4-3-5-9-17/h3-14,16H,1-2H3,(H2,25,26,27,28). The Morgan fingerprint density at radius 3 is 2.46 bits per heavy atom. The van der Waals surface area contributed by atoms with Gasteiger partial charge in [0.2, 0.25) is 5.95 Å². The average Bonchev–Trinajstić information content (AvgIpc) is 2.71. The second-order valence-corrected chi connectivity index (χ2v) is 7.21. The second kappa shape index (κ2) is 7.87. The van der Waals surface area contributed by atoms with Gasteiger partial charge in [0.15, 0.2) is 0 Å². The molecule has 28 heavy (non-hydrogen) atoms. The molecule has 2 N–H and O–H groups in total. The largest absolute Gasteiger partial charge is 0.363 e. The van der Waals surface area contributed by atoms with Crippen molar-refractivity contribution in [2.75, 3.05) is 10.6 Å². The van der Waals surface area contributed by atoms with E-state index in [1.165, 1.54) is 5.56 Å². The van der Waals surface area contributed by atoms with E-state index in [4.69, 9.17) is 16.6 Å². The first-order valence-corrected chi connectivity index (χ1v) is 9.59. The fraction of sp³-hybridized carbons (Fsp3) is 0.130. The Bertz CT molecular complexity index is 1110. The van der Waals surface area contributed by atoms with Crippen molar-refractivity contribution in [1.29, 1.82) is 0 Å². The molecular weight excluding hydrogens is 368 g/mol. The molecule has 0 aliphatic rings. The maximum absolute atomic E-state index is 6.15. The molecule has 0 fully saturated rings. The highest BCUT2D eigenvalue weighted by Gasteiger charge is 2.12. The first-order valence-electron chi connectivity index (χ1n) is 9.21. The van der Waals surface area contributed by atoms with Crippen LogP contribution >= 0.6 is 11.6 Å². The van der Waals surface area contributed by atoms with Gasteiger partial charge in [0, 0.05) is 22.1 Å². The van der Waals surface area contributed by atoms with Crippen LogP contribution in [0.3, 0.4) is 0 Å². The Kier molecular flexibility index (Phi) is 5.13. The molecule has 1 heterocycles. The molecule has 0 saturated heterocycles. The Morgan fingerprint density at radius 1 is 0.893 bits per heavy atom. The van der Waals surface area contributed by atoms with Gasteiger partial charge in [-0.25, -0.2) is 4.98 Å². The van der Waals surface area contributed by atoms with Crippen molar-refractivity contribution in [3.63, 3.8) is 0 Å². The van der Waals surface area contributed by atoms with Crippen LogP contribution in [0.4, 0.5) is 17.5 Å². The minimum Gasteiger partial charge on any atom is -0.363 e. The summed E-state index contributed by atoms with van der Waals surface area (Å²) in [5, 5.41) is 8.50. The van der Waals surface area contributed by atoms with Crippen molar-refractivity contribution < 1.29 is 0 Å². The van der Waals surface area contributed by atoms with Gasteiger partial charge in [0.25, 0.3) is 0 Å². The van der Waals surface area contributed by atoms with Crippen molar-refractivity contribution >= 4 is 40.0 Å². The first kappa shape index (κ1) is 18.3. The zero-order valence-electron chi connectivity index (χ0n) is 15.8. The molecule has 140 valence electrons. The van der Waals surface area contributed by atoms with Crippen LogP contribution < -0.4 is 10.6 Å². The van der Waals surface area contributed by atoms with E-state index in [2.05, 4.69) is 34.7 Å². The van der Waals surface area contributed by atoms with Crippen LogP contribution in [0.5, 0.6) is 0 Å². The molecule has 0 bridgehead atoms. The molecule has 0 saturated carbocycles. The number of nitrogens with one attached hydrogen (secondary N) is 2. The van der Waals surface area contributed by atoms with Crippen LogP contribution in [-0.2, 0) is 0 Å². The van der Waals surface area contributed by atoms with E-state index < -0.39 is 0 Å². The van der Waals surface area contributed by atoms with E-state index in [0.29, 0.717) is 11.0 Å². The predicted molar refractivity (Wildman–Crippen MR) is 117 cm³/mol. The normalized spacial score (nSPS) is 12.0. The Hall–Kier alpha value is -3.11. The summed E-state index contributed by atoms with van der Waals surface area (Å²) < 4.78 is 0. The molecule has 0 aliphatic heterocycles. The van der Waals surface area contributed by atoms with Gasteiger partial charge in [-0.1, -0.05) is 60.1 Å². The van der Waals surface area contributed by atoms with Gasteiger partial charge in [0.1, 0.15) is 5.82 Å². The summed E-state index contributed by atoms with van der Waals surface area (Å²) in [5.41, 5.74) is 4.05. The number of anilines is 3. The zero-order valence-corrected chi connectivity index (χ0v) is 16.5. The van der Waals surface area contributed by atoms with Crippen LogP contribution in [0.1, 0.15) is 24.1 Å². The third-order valence-electron chi connectivity index (χ3n) is 4.70. The van der Waals surface area contributed by atoms with Crippen LogP contribution in [-0.4, -0.2) is 9.97 Å². The van der Waals surface area contributed by atoms with Gasteiger partial charge in [-0.05, 0) is 49.2 Å². The number of rotatable bonds is 5. The van der Waals surface area contributed by atoms with Crippen molar-refractivity contribution in [2.24, 2.45) is 0 Å². The SMILES string of the molecule is Cc1ccc(Cl)cc1Nc1nc(NC(C)c2ccccc2)c2ccccc2n1. The molecule has 0 amide bonds. The minimum absolute atomic E-state index is 0.111. The lowest BCUT2D eigenvalue weighted by Gasteiger charge is -2.18. The van der Waals surface area contributed by atoms with E-state index in [-0.39, 0.29) is 6.04 Å². The van der Waals surface area contributed by atoms with Crippen molar-refractivity contribution in [3.8, 4) is 0 Å². The summed E-state index contributed by atoms with van der Waals surface area (Å²) in [6.07, 6.45) is 0. The van der Waals surface area contributed by atoms with E-state index in [9.17, 15) is 0 Å². The molecular formula is C23H21ClN4. The maximum atomic E-state index is 6.15. The number of fused-ring (bicyclic) bond motifs is 1. The zero-order chi connectivity index (χ0) is 19.5. The Morgan fingerprint density at radius 2 is 1.64 bits per heavy atom. The topological polar surface area (TPSA) is 49.8 Å². The number of benzene rings is 3. The number of hydrogen-bond acceptors (Lipinski definition) is 4. The smallest absolute Gasteiger partial charge is 0.229 e. The summed E-state index contributed by atoms with van der Waals surface area (Å²) in [6.45, 7) is 4.15. The van der Waals surface area contributed by atoms with Gasteiger partial charge < -0.3 is 10.6 Å². The quantitative estimate of drug-likeness (QED) is 0.409. The number of nitrogens with zero attached hydrogens (tertiary/aromatic N) is 2. The fourth-order valence-electron chi connectivity index (χ4n) is 3.12. The lowest BCUT2D eigenvalue weighted by Crippen LogP contribution is -2.10. The highest BCUT2D eigenvalue weighted by Crippen LogP contribution is 2.28. The number of aryl methyl sites for hydroxylation is 1. The molecule has 0 spiro atoms. The summed E-state index contributed by atoms with van der Waals surface area (Å²) in [7, 11) is 0. The van der Waals surface area contributed by atoms with Gasteiger partial charge in [0.05, 0.1) is 5.52 Å². The summed E-state index contributed by atoms with van der Waals surface area (Å²) in [5.74, 6) is 1.33. The van der Waals surface area contributed by atoms with Crippen LogP contribution in [0, 0.1) is 6.92 Å². The number of hydrogen-bond donors (Lipinski definition) is 2. The monoisotopic (exact) mass is 388 g/mol. The molecule has 3 aromatic carbocycles. The minimum atomic E-state index is 0.111. The summed E-state index contributed by atoms with van der Waals surface area (Å²) in [6, 6.07) is 24.2. The van der Waals surface area contributed by atoms with Crippen LogP contribution in [0.25, 0.3) is 10.9 Å². The molecule has 4 nitrogen and oxygen atoms in total. The van der Waals surface area contributed by atoms with Gasteiger partial charge in [-0.15, -0.1) is 0 Å². The van der Waals surface area contributed by atoms with E-state index in [0.717, 1.165) is 28.0 Å². The molecule has 1 aromatic heterocycles. The van der Waals surface area contributed by atoms with Crippen LogP contribution in [0.2, 0.25) is 5.02 Å². The first-order chi connectivity index (χ1) is 13.6. The number of halogens is 1. The third kappa shape index (κ3) is 3.92. The molecule has 0 radical (unpaired) electrons. The van der Waals surface area contributed by atoms with E-state index in [1.54, 1.807) is 0 Å². The van der Waals surface area contributed by atoms with Crippen molar-refractivity contribution in [3.05, 3.63) is 88.9 Å². The molecule has 1 atom stereocenters. The molecule has 4 rings (SSSR count). The number of para-hydroxylation sites is 1. The lowest BCUT2D eigenvalue weighted by atomic mass is 10.1. The molecule has 5 heteroatoms. The van der Waals surface area contributed by atoms with Gasteiger partial charge in [-0.2, -0.15) is 4.98 Å². The van der Waals surface area contributed by atoms with Gasteiger partial charge >= 0.3 is 0 Å². The molecule has 1 unspecified atom stereocenters. The Balaban J connectivity index is 1.72. The average molecular weight is 389 g/mol. The van der Waals surface area contributed by atoms with Crippen LogP contribution in [0.15, 0.2) is 72.8 Å². The highest BCUT2D eigenvalue weighted by molar-refractivity contribution is 6.30. The summed E-state index contributed by atoms with van der Waals surface area (Å²) >= 11 is 6.15. The van der Waals surface area contributed by atoms with E-state index in [1.807, 2.05) is 67.6 Å². The summed E-state index contributed by atoms with van der Waals surface area (Å²) in [4.78, 5) is 9.43. The highest BCUT2D eigenvalue weighted by atomic mass is 35.5. The van der Waals surface area contributed by atoms with Gasteiger partial charge in [-0.3, -0.25) is 0 Å². The lowest BCUT2D eigenvalue weighted by molar-refractivity contribution is 0.876. The van der Waals surface area contributed by atoms with E-state index >= 15 is 0 Å². The molecule has 0 aliphatic carbocycles. The maximum Gasteiger partial charge on any atom is 0.229 e. The second-order valence-electron chi connectivity index (χ2n) is 6.77. The third-order valence-corrected chi connectivity index (χ3v) is 4.94.